The van der Waals surface area contributed by atoms with Crippen molar-refractivity contribution < 1.29 is 9.18 Å². The number of carbonyl (C=O) groups is 1. The Morgan fingerprint density at radius 1 is 0.935 bits per heavy atom. The summed E-state index contributed by atoms with van der Waals surface area (Å²) in [4.78, 5) is 17.1. The van der Waals surface area contributed by atoms with Gasteiger partial charge in [-0.3, -0.25) is 10.1 Å². The van der Waals surface area contributed by atoms with E-state index in [0.29, 0.717) is 5.69 Å². The topological polar surface area (TPSA) is 71.8 Å². The molecule has 0 unspecified atom stereocenters. The smallest absolute Gasteiger partial charge is 0.246 e. The summed E-state index contributed by atoms with van der Waals surface area (Å²) in [6.07, 6.45) is 3.13. The Hall–Kier alpha value is -3.84. The van der Waals surface area contributed by atoms with E-state index in [1.165, 1.54) is 18.5 Å². The molecule has 6 nitrogen and oxygen atoms in total. The summed E-state index contributed by atoms with van der Waals surface area (Å²) < 4.78 is 14.9. The molecule has 1 amide bonds. The Labute approximate surface area is 179 Å². The lowest BCUT2D eigenvalue weighted by atomic mass is 10.0. The Morgan fingerprint density at radius 2 is 1.65 bits per heavy atom. The minimum atomic E-state index is -0.587. The molecule has 0 spiro atoms. The summed E-state index contributed by atoms with van der Waals surface area (Å²) in [6.45, 7) is 2.01. The van der Waals surface area contributed by atoms with E-state index in [-0.39, 0.29) is 17.8 Å². The first-order chi connectivity index (χ1) is 15.1. The predicted octanol–water partition coefficient (Wildman–Crippen LogP) is 4.44. The van der Waals surface area contributed by atoms with E-state index in [1.807, 2.05) is 61.5 Å². The van der Waals surface area contributed by atoms with Crippen LogP contribution in [0.5, 0.6) is 0 Å². The average molecular weight is 415 g/mol. The molecular weight excluding hydrogens is 393 g/mol. The average Bonchev–Trinajstić information content (AvgIpc) is 3.34. The molecule has 0 saturated heterocycles. The molecule has 4 aromatic rings. The Balaban J connectivity index is 1.52. The number of anilines is 1. The Kier molecular flexibility index (Phi) is 6.14. The Bertz CT molecular complexity index is 1110. The van der Waals surface area contributed by atoms with Crippen LogP contribution in [0.3, 0.4) is 0 Å². The van der Waals surface area contributed by atoms with Crippen LogP contribution in [-0.4, -0.2) is 20.7 Å². The Morgan fingerprint density at radius 3 is 2.29 bits per heavy atom. The second-order valence-corrected chi connectivity index (χ2v) is 7.16. The van der Waals surface area contributed by atoms with Crippen molar-refractivity contribution in [2.75, 3.05) is 5.32 Å². The highest BCUT2D eigenvalue weighted by Crippen LogP contribution is 2.22. The molecule has 0 fully saturated rings. The predicted molar refractivity (Wildman–Crippen MR) is 117 cm³/mol. The van der Waals surface area contributed by atoms with Crippen molar-refractivity contribution in [1.29, 1.82) is 0 Å². The second kappa shape index (κ2) is 9.32. The van der Waals surface area contributed by atoms with Gasteiger partial charge in [0.1, 0.15) is 24.5 Å². The highest BCUT2D eigenvalue weighted by atomic mass is 19.1. The van der Waals surface area contributed by atoms with Gasteiger partial charge in [-0.2, -0.15) is 5.10 Å². The maximum absolute atomic E-state index is 13.2. The van der Waals surface area contributed by atoms with Crippen LogP contribution < -0.4 is 10.6 Å². The third kappa shape index (κ3) is 5.02. The van der Waals surface area contributed by atoms with Crippen LogP contribution >= 0.6 is 0 Å². The van der Waals surface area contributed by atoms with Gasteiger partial charge in [0.05, 0.1) is 5.69 Å². The van der Waals surface area contributed by atoms with Crippen molar-refractivity contribution >= 4 is 11.6 Å². The molecule has 0 aliphatic heterocycles. The fourth-order valence-corrected chi connectivity index (χ4v) is 3.32. The molecule has 0 aliphatic rings. The van der Waals surface area contributed by atoms with Crippen molar-refractivity contribution in [3.05, 3.63) is 108 Å². The summed E-state index contributed by atoms with van der Waals surface area (Å²) in [5.41, 5.74) is 3.31. The first-order valence-corrected chi connectivity index (χ1v) is 9.92. The number of halogens is 1. The van der Waals surface area contributed by atoms with Crippen LogP contribution in [0.4, 0.5) is 10.1 Å². The number of nitrogens with one attached hydrogen (secondary N) is 2. The molecule has 0 aliphatic carbocycles. The number of aromatic nitrogens is 3. The first-order valence-electron chi connectivity index (χ1n) is 9.92. The molecule has 4 rings (SSSR count). The minimum Gasteiger partial charge on any atom is -0.324 e. The summed E-state index contributed by atoms with van der Waals surface area (Å²) in [6, 6.07) is 22.4. The quantitative estimate of drug-likeness (QED) is 0.468. The van der Waals surface area contributed by atoms with E-state index >= 15 is 0 Å². The fraction of sp³-hybridized carbons (Fsp3) is 0.125. The molecule has 1 aromatic heterocycles. The SMILES string of the molecule is C[C@@H](N[C@@H](C(=O)Nc1ccc(F)cc1)c1ccccc1)c1ccc(-n2cncn2)cc1. The van der Waals surface area contributed by atoms with Crippen LogP contribution in [0.2, 0.25) is 0 Å². The molecular formula is C24H22FN5O. The molecule has 0 saturated carbocycles. The van der Waals surface area contributed by atoms with Gasteiger partial charge in [-0.05, 0) is 54.4 Å². The second-order valence-electron chi connectivity index (χ2n) is 7.16. The van der Waals surface area contributed by atoms with Gasteiger partial charge in [0.25, 0.3) is 0 Å². The minimum absolute atomic E-state index is 0.103. The number of amides is 1. The molecule has 0 radical (unpaired) electrons. The van der Waals surface area contributed by atoms with E-state index in [2.05, 4.69) is 20.7 Å². The van der Waals surface area contributed by atoms with Gasteiger partial charge in [0, 0.05) is 11.7 Å². The summed E-state index contributed by atoms with van der Waals surface area (Å²) in [7, 11) is 0. The van der Waals surface area contributed by atoms with Crippen LogP contribution in [-0.2, 0) is 4.79 Å². The summed E-state index contributed by atoms with van der Waals surface area (Å²) in [5.74, 6) is -0.567. The number of carbonyl (C=O) groups excluding carboxylic acids is 1. The van der Waals surface area contributed by atoms with E-state index < -0.39 is 6.04 Å². The van der Waals surface area contributed by atoms with Crippen molar-refractivity contribution in [2.24, 2.45) is 0 Å². The molecule has 1 heterocycles. The van der Waals surface area contributed by atoms with Crippen molar-refractivity contribution in [1.82, 2.24) is 20.1 Å². The van der Waals surface area contributed by atoms with E-state index in [1.54, 1.807) is 23.1 Å². The van der Waals surface area contributed by atoms with Gasteiger partial charge >= 0.3 is 0 Å². The van der Waals surface area contributed by atoms with Crippen LogP contribution in [0.25, 0.3) is 5.69 Å². The van der Waals surface area contributed by atoms with Gasteiger partial charge in [-0.15, -0.1) is 0 Å². The normalized spacial score (nSPS) is 12.8. The van der Waals surface area contributed by atoms with E-state index in [0.717, 1.165) is 16.8 Å². The van der Waals surface area contributed by atoms with Crippen LogP contribution in [0.15, 0.2) is 91.5 Å². The molecule has 156 valence electrons. The molecule has 2 N–H and O–H groups in total. The lowest BCUT2D eigenvalue weighted by Crippen LogP contribution is -2.34. The maximum atomic E-state index is 13.2. The van der Waals surface area contributed by atoms with E-state index in [4.69, 9.17) is 0 Å². The van der Waals surface area contributed by atoms with Gasteiger partial charge < -0.3 is 5.32 Å². The molecule has 7 heteroatoms. The van der Waals surface area contributed by atoms with Gasteiger partial charge in [0.2, 0.25) is 5.91 Å². The van der Waals surface area contributed by atoms with Gasteiger partial charge in [-0.1, -0.05) is 42.5 Å². The number of hydrogen-bond donors (Lipinski definition) is 2. The largest absolute Gasteiger partial charge is 0.324 e. The summed E-state index contributed by atoms with van der Waals surface area (Å²) >= 11 is 0. The first kappa shape index (κ1) is 20.4. The third-order valence-corrected chi connectivity index (χ3v) is 5.00. The van der Waals surface area contributed by atoms with Crippen LogP contribution in [0, 0.1) is 5.82 Å². The van der Waals surface area contributed by atoms with Crippen LogP contribution in [0.1, 0.15) is 30.1 Å². The zero-order valence-corrected chi connectivity index (χ0v) is 16.9. The zero-order valence-electron chi connectivity index (χ0n) is 16.9. The highest BCUT2D eigenvalue weighted by molar-refractivity contribution is 5.95. The maximum Gasteiger partial charge on any atom is 0.246 e. The van der Waals surface area contributed by atoms with Gasteiger partial charge in [-0.25, -0.2) is 14.1 Å². The number of hydrogen-bond acceptors (Lipinski definition) is 4. The van der Waals surface area contributed by atoms with E-state index in [9.17, 15) is 9.18 Å². The fourth-order valence-electron chi connectivity index (χ4n) is 3.32. The third-order valence-electron chi connectivity index (χ3n) is 5.00. The molecule has 3 aromatic carbocycles. The lowest BCUT2D eigenvalue weighted by Gasteiger charge is -2.24. The van der Waals surface area contributed by atoms with Gasteiger partial charge in [0.15, 0.2) is 0 Å². The zero-order chi connectivity index (χ0) is 21.6. The number of benzene rings is 3. The summed E-state index contributed by atoms with van der Waals surface area (Å²) in [5, 5.41) is 10.4. The molecule has 0 bridgehead atoms. The van der Waals surface area contributed by atoms with Crippen molar-refractivity contribution in [2.45, 2.75) is 19.0 Å². The van der Waals surface area contributed by atoms with Crippen molar-refractivity contribution in [3.63, 3.8) is 0 Å². The highest BCUT2D eigenvalue weighted by Gasteiger charge is 2.23. The number of nitrogens with zero attached hydrogens (tertiary/aromatic N) is 3. The monoisotopic (exact) mass is 415 g/mol. The standard InChI is InChI=1S/C24H22FN5O/c1-17(18-7-13-22(14-8-18)30-16-26-15-27-30)28-23(19-5-3-2-4-6-19)24(31)29-21-11-9-20(25)10-12-21/h2-17,23,28H,1H3,(H,29,31)/t17-,23-/m1/s1. The molecule has 31 heavy (non-hydrogen) atoms. The molecule has 2 atom stereocenters. The lowest BCUT2D eigenvalue weighted by molar-refractivity contribution is -0.118. The number of rotatable bonds is 7. The van der Waals surface area contributed by atoms with Crippen molar-refractivity contribution in [3.8, 4) is 5.69 Å².